The normalized spacial score (nSPS) is 27.5. The molecule has 3 fully saturated rings. The number of nitrogens with zero attached hydrogens (tertiary/aromatic N) is 5. The highest BCUT2D eigenvalue weighted by atomic mass is 16.5. The van der Waals surface area contributed by atoms with E-state index in [9.17, 15) is 4.79 Å². The van der Waals surface area contributed by atoms with Crippen LogP contribution in [-0.2, 0) is 9.53 Å². The molecule has 7 heteroatoms. The van der Waals surface area contributed by atoms with Gasteiger partial charge in [-0.15, -0.1) is 0 Å². The first kappa shape index (κ1) is 21.5. The van der Waals surface area contributed by atoms with Crippen LogP contribution in [0.3, 0.4) is 0 Å². The number of ether oxygens (including phenoxy) is 1. The molecular weight excluding hydrogens is 378 g/mol. The van der Waals surface area contributed by atoms with Crippen molar-refractivity contribution in [1.82, 2.24) is 19.8 Å². The van der Waals surface area contributed by atoms with Gasteiger partial charge >= 0.3 is 0 Å². The van der Waals surface area contributed by atoms with E-state index >= 15 is 0 Å². The second kappa shape index (κ2) is 10.5. The van der Waals surface area contributed by atoms with Crippen molar-refractivity contribution in [3.05, 3.63) is 18.5 Å². The summed E-state index contributed by atoms with van der Waals surface area (Å²) in [6.45, 7) is 6.28. The second-order valence-corrected chi connectivity index (χ2v) is 9.11. The fourth-order valence-corrected chi connectivity index (χ4v) is 5.64. The molecule has 1 aromatic rings. The standard InChI is InChI=1S/C23H37N5O2/c1-30-16-15-27(17-19-7-4-13-26-12-3-2-9-21(19)26)22(29)20-8-5-14-28(18-20)23-24-10-6-11-25-23/h6,10-11,19-21H,2-5,7-9,12-18H2,1H3/t19-,20+,21+/m0/s1. The lowest BCUT2D eigenvalue weighted by Gasteiger charge is -2.46. The van der Waals surface area contributed by atoms with Crippen molar-refractivity contribution < 1.29 is 9.53 Å². The molecule has 7 nitrogen and oxygen atoms in total. The van der Waals surface area contributed by atoms with Crippen LogP contribution in [0.2, 0.25) is 0 Å². The Bertz CT molecular complexity index is 671. The summed E-state index contributed by atoms with van der Waals surface area (Å²) in [6.07, 6.45) is 12.0. The van der Waals surface area contributed by atoms with Crippen LogP contribution in [0.15, 0.2) is 18.5 Å². The largest absolute Gasteiger partial charge is 0.383 e. The van der Waals surface area contributed by atoms with Crippen LogP contribution in [0.1, 0.15) is 44.9 Å². The van der Waals surface area contributed by atoms with Crippen LogP contribution in [0, 0.1) is 11.8 Å². The fourth-order valence-electron chi connectivity index (χ4n) is 5.64. The van der Waals surface area contributed by atoms with E-state index in [1.807, 2.05) is 6.07 Å². The summed E-state index contributed by atoms with van der Waals surface area (Å²) in [4.78, 5) is 29.4. The minimum atomic E-state index is 0.0189. The lowest BCUT2D eigenvalue weighted by molar-refractivity contribution is -0.138. The van der Waals surface area contributed by atoms with Gasteiger partial charge in [0.15, 0.2) is 0 Å². The average Bonchev–Trinajstić information content (AvgIpc) is 2.82. The van der Waals surface area contributed by atoms with Crippen molar-refractivity contribution in [2.75, 3.05) is 57.9 Å². The molecule has 1 amide bonds. The monoisotopic (exact) mass is 415 g/mol. The smallest absolute Gasteiger partial charge is 0.227 e. The minimum absolute atomic E-state index is 0.0189. The van der Waals surface area contributed by atoms with Gasteiger partial charge in [0.05, 0.1) is 12.5 Å². The van der Waals surface area contributed by atoms with Crippen LogP contribution in [-0.4, -0.2) is 84.7 Å². The topological polar surface area (TPSA) is 61.8 Å². The van der Waals surface area contributed by atoms with Gasteiger partial charge < -0.3 is 19.4 Å². The van der Waals surface area contributed by atoms with Crippen molar-refractivity contribution in [3.63, 3.8) is 0 Å². The average molecular weight is 416 g/mol. The van der Waals surface area contributed by atoms with Crippen molar-refractivity contribution >= 4 is 11.9 Å². The molecule has 0 spiro atoms. The number of fused-ring (bicyclic) bond motifs is 1. The Morgan fingerprint density at radius 3 is 2.73 bits per heavy atom. The fraction of sp³-hybridized carbons (Fsp3) is 0.783. The predicted molar refractivity (Wildman–Crippen MR) is 117 cm³/mol. The molecule has 0 bridgehead atoms. The number of anilines is 1. The van der Waals surface area contributed by atoms with E-state index in [2.05, 4.69) is 24.7 Å². The molecular formula is C23H37N5O2. The van der Waals surface area contributed by atoms with Gasteiger partial charge in [0.2, 0.25) is 11.9 Å². The number of aromatic nitrogens is 2. The quantitative estimate of drug-likeness (QED) is 0.682. The molecule has 3 saturated heterocycles. The van der Waals surface area contributed by atoms with Crippen LogP contribution >= 0.6 is 0 Å². The molecule has 0 aromatic carbocycles. The first-order valence-corrected chi connectivity index (χ1v) is 11.8. The summed E-state index contributed by atoms with van der Waals surface area (Å²) in [7, 11) is 1.72. The Balaban J connectivity index is 1.42. The minimum Gasteiger partial charge on any atom is -0.383 e. The highest BCUT2D eigenvalue weighted by molar-refractivity contribution is 5.79. The zero-order chi connectivity index (χ0) is 20.8. The Labute approximate surface area is 180 Å². The van der Waals surface area contributed by atoms with Gasteiger partial charge in [-0.1, -0.05) is 6.42 Å². The Hall–Kier alpha value is -1.73. The molecule has 4 rings (SSSR count). The molecule has 3 aliphatic heterocycles. The van der Waals surface area contributed by atoms with Crippen molar-refractivity contribution in [2.24, 2.45) is 11.8 Å². The first-order valence-electron chi connectivity index (χ1n) is 11.8. The summed E-state index contributed by atoms with van der Waals surface area (Å²) in [5, 5.41) is 0. The van der Waals surface area contributed by atoms with E-state index in [0.29, 0.717) is 37.6 Å². The maximum Gasteiger partial charge on any atom is 0.227 e. The molecule has 30 heavy (non-hydrogen) atoms. The molecule has 0 radical (unpaired) electrons. The number of piperidine rings is 3. The summed E-state index contributed by atoms with van der Waals surface area (Å²) in [5.74, 6) is 1.65. The number of amides is 1. The van der Waals surface area contributed by atoms with Gasteiger partial charge in [0.1, 0.15) is 0 Å². The number of methoxy groups -OCH3 is 1. The highest BCUT2D eigenvalue weighted by Crippen LogP contribution is 2.32. The van der Waals surface area contributed by atoms with Crippen LogP contribution in [0.5, 0.6) is 0 Å². The third-order valence-electron chi connectivity index (χ3n) is 7.17. The number of carbonyl (C=O) groups is 1. The number of carbonyl (C=O) groups excluding carboxylic acids is 1. The second-order valence-electron chi connectivity index (χ2n) is 9.11. The van der Waals surface area contributed by atoms with E-state index in [4.69, 9.17) is 4.74 Å². The van der Waals surface area contributed by atoms with Crippen LogP contribution < -0.4 is 4.90 Å². The van der Waals surface area contributed by atoms with Crippen LogP contribution in [0.25, 0.3) is 0 Å². The predicted octanol–water partition coefficient (Wildman–Crippen LogP) is 2.43. The number of hydrogen-bond donors (Lipinski definition) is 0. The lowest BCUT2D eigenvalue weighted by Crippen LogP contribution is -2.53. The molecule has 1 aromatic heterocycles. The maximum atomic E-state index is 13.6. The molecule has 0 saturated carbocycles. The summed E-state index contributed by atoms with van der Waals surface area (Å²) in [5.41, 5.74) is 0. The zero-order valence-electron chi connectivity index (χ0n) is 18.4. The third kappa shape index (κ3) is 5.11. The van der Waals surface area contributed by atoms with Crippen molar-refractivity contribution in [2.45, 2.75) is 51.0 Å². The van der Waals surface area contributed by atoms with Gasteiger partial charge in [-0.25, -0.2) is 9.97 Å². The first-order chi connectivity index (χ1) is 14.8. The lowest BCUT2D eigenvalue weighted by atomic mass is 9.83. The zero-order valence-corrected chi connectivity index (χ0v) is 18.4. The molecule has 3 aliphatic rings. The van der Waals surface area contributed by atoms with E-state index in [-0.39, 0.29) is 5.92 Å². The van der Waals surface area contributed by atoms with Crippen molar-refractivity contribution in [3.8, 4) is 0 Å². The molecule has 0 unspecified atom stereocenters. The Kier molecular flexibility index (Phi) is 7.55. The number of rotatable bonds is 7. The third-order valence-corrected chi connectivity index (χ3v) is 7.17. The molecule has 166 valence electrons. The maximum absolute atomic E-state index is 13.6. The van der Waals surface area contributed by atoms with Gasteiger partial charge in [-0.05, 0) is 63.6 Å². The van der Waals surface area contributed by atoms with Gasteiger partial charge in [0, 0.05) is 51.7 Å². The summed E-state index contributed by atoms with van der Waals surface area (Å²) < 4.78 is 5.36. The highest BCUT2D eigenvalue weighted by Gasteiger charge is 2.36. The summed E-state index contributed by atoms with van der Waals surface area (Å²) >= 11 is 0. The molecule has 0 aliphatic carbocycles. The number of hydrogen-bond acceptors (Lipinski definition) is 6. The molecule has 3 atom stereocenters. The van der Waals surface area contributed by atoms with Crippen molar-refractivity contribution in [1.29, 1.82) is 0 Å². The van der Waals surface area contributed by atoms with E-state index in [0.717, 1.165) is 31.9 Å². The van der Waals surface area contributed by atoms with Crippen LogP contribution in [0.4, 0.5) is 5.95 Å². The molecule has 0 N–H and O–H groups in total. The van der Waals surface area contributed by atoms with Gasteiger partial charge in [0.25, 0.3) is 0 Å². The van der Waals surface area contributed by atoms with Gasteiger partial charge in [-0.3, -0.25) is 4.79 Å². The van der Waals surface area contributed by atoms with Gasteiger partial charge in [-0.2, -0.15) is 0 Å². The SMILES string of the molecule is COCCN(C[C@@H]1CCCN2CCCC[C@H]12)C(=O)[C@@H]1CCCN(c2ncccn2)C1. The summed E-state index contributed by atoms with van der Waals surface area (Å²) in [6, 6.07) is 2.49. The Morgan fingerprint density at radius 2 is 1.90 bits per heavy atom. The molecule has 4 heterocycles. The van der Waals surface area contributed by atoms with E-state index < -0.39 is 0 Å². The van der Waals surface area contributed by atoms with E-state index in [1.165, 1.54) is 45.2 Å². The van der Waals surface area contributed by atoms with E-state index in [1.54, 1.807) is 19.5 Å². The Morgan fingerprint density at radius 1 is 1.10 bits per heavy atom.